The summed E-state index contributed by atoms with van der Waals surface area (Å²) in [7, 11) is -1.93. The molecule has 0 aliphatic carbocycles. The monoisotopic (exact) mass is 451 g/mol. The van der Waals surface area contributed by atoms with Crippen LogP contribution in [0, 0.1) is 0 Å². The van der Waals surface area contributed by atoms with E-state index in [0.29, 0.717) is 42.5 Å². The van der Waals surface area contributed by atoms with Gasteiger partial charge in [-0.3, -0.25) is 4.79 Å². The third-order valence-corrected chi connectivity index (χ3v) is 7.79. The molecule has 0 aromatic heterocycles. The molecule has 8 heteroatoms. The molecule has 6 nitrogen and oxygen atoms in total. The standard InChI is InChI=1S/C22H26ClNO5S/c1-22(2,29-18-6-4-16(23)5-7-18)21(25)24-14-12-20(13-15-24)30(26,27)19-10-8-17(28-3)9-11-19/h4-11,20H,12-15H2,1-3H3. The first kappa shape index (κ1) is 22.4. The van der Waals surface area contributed by atoms with E-state index in [1.54, 1.807) is 67.3 Å². The highest BCUT2D eigenvalue weighted by Gasteiger charge is 2.38. The Morgan fingerprint density at radius 1 is 1.00 bits per heavy atom. The molecule has 3 rings (SSSR count). The van der Waals surface area contributed by atoms with Crippen LogP contribution in [0.3, 0.4) is 0 Å². The van der Waals surface area contributed by atoms with Crippen LogP contribution >= 0.6 is 11.6 Å². The number of sulfone groups is 1. The van der Waals surface area contributed by atoms with E-state index < -0.39 is 20.7 Å². The van der Waals surface area contributed by atoms with E-state index in [0.717, 1.165) is 0 Å². The van der Waals surface area contributed by atoms with Gasteiger partial charge in [-0.15, -0.1) is 0 Å². The highest BCUT2D eigenvalue weighted by atomic mass is 35.5. The van der Waals surface area contributed by atoms with Gasteiger partial charge in [0.05, 0.1) is 17.3 Å². The van der Waals surface area contributed by atoms with Crippen molar-refractivity contribution < 1.29 is 22.7 Å². The molecule has 0 spiro atoms. The fourth-order valence-electron chi connectivity index (χ4n) is 3.55. The Hall–Kier alpha value is -2.25. The fraction of sp³-hybridized carbons (Fsp3) is 0.409. The molecule has 0 radical (unpaired) electrons. The second-order valence-electron chi connectivity index (χ2n) is 7.78. The predicted octanol–water partition coefficient (Wildman–Crippen LogP) is 3.97. The molecule has 2 aromatic rings. The molecule has 1 heterocycles. The van der Waals surface area contributed by atoms with Crippen molar-refractivity contribution in [3.63, 3.8) is 0 Å². The number of likely N-dealkylation sites (tertiary alicyclic amines) is 1. The first-order chi connectivity index (χ1) is 14.1. The SMILES string of the molecule is COc1ccc(S(=O)(=O)C2CCN(C(=O)C(C)(C)Oc3ccc(Cl)cc3)CC2)cc1. The average Bonchev–Trinajstić information content (AvgIpc) is 2.75. The summed E-state index contributed by atoms with van der Waals surface area (Å²) in [6.45, 7) is 4.16. The second kappa shape index (κ2) is 8.86. The lowest BCUT2D eigenvalue weighted by Gasteiger charge is -2.36. The number of piperidine rings is 1. The number of carbonyl (C=O) groups excluding carboxylic acids is 1. The van der Waals surface area contributed by atoms with Crippen LogP contribution in [0.15, 0.2) is 53.4 Å². The number of amides is 1. The minimum absolute atomic E-state index is 0.169. The van der Waals surface area contributed by atoms with Crippen molar-refractivity contribution in [3.05, 3.63) is 53.6 Å². The zero-order valence-corrected chi connectivity index (χ0v) is 18.9. The van der Waals surface area contributed by atoms with Gasteiger partial charge in [0.2, 0.25) is 0 Å². The van der Waals surface area contributed by atoms with Crippen molar-refractivity contribution in [2.45, 2.75) is 42.4 Å². The van der Waals surface area contributed by atoms with E-state index in [9.17, 15) is 13.2 Å². The summed E-state index contributed by atoms with van der Waals surface area (Å²) in [5.41, 5.74) is -1.07. The molecule has 1 aliphatic rings. The lowest BCUT2D eigenvalue weighted by atomic mass is 10.0. The minimum Gasteiger partial charge on any atom is -0.497 e. The van der Waals surface area contributed by atoms with Crippen LogP contribution in [0.2, 0.25) is 5.02 Å². The third kappa shape index (κ3) is 4.90. The summed E-state index contributed by atoms with van der Waals surface area (Å²) < 4.78 is 36.9. The molecule has 1 aliphatic heterocycles. The summed E-state index contributed by atoms with van der Waals surface area (Å²) in [6, 6.07) is 13.2. The Labute approximate surface area is 182 Å². The van der Waals surface area contributed by atoms with Gasteiger partial charge in [0.25, 0.3) is 5.91 Å². The van der Waals surface area contributed by atoms with E-state index >= 15 is 0 Å². The van der Waals surface area contributed by atoms with E-state index in [-0.39, 0.29) is 10.8 Å². The van der Waals surface area contributed by atoms with Crippen LogP contribution in [0.5, 0.6) is 11.5 Å². The highest BCUT2D eigenvalue weighted by Crippen LogP contribution is 2.28. The Kier molecular flexibility index (Phi) is 6.62. The quantitative estimate of drug-likeness (QED) is 0.664. The molecule has 0 atom stereocenters. The van der Waals surface area contributed by atoms with Crippen molar-refractivity contribution in [1.29, 1.82) is 0 Å². The van der Waals surface area contributed by atoms with Crippen LogP contribution in [-0.2, 0) is 14.6 Å². The van der Waals surface area contributed by atoms with Gasteiger partial charge in [0.15, 0.2) is 15.4 Å². The number of methoxy groups -OCH3 is 1. The largest absolute Gasteiger partial charge is 0.497 e. The number of halogens is 1. The van der Waals surface area contributed by atoms with Crippen LogP contribution in [-0.4, -0.2) is 50.3 Å². The Bertz CT molecular complexity index is 979. The van der Waals surface area contributed by atoms with Crippen molar-refractivity contribution in [2.24, 2.45) is 0 Å². The van der Waals surface area contributed by atoms with E-state index in [4.69, 9.17) is 21.1 Å². The zero-order chi connectivity index (χ0) is 21.9. The van der Waals surface area contributed by atoms with Gasteiger partial charge in [-0.1, -0.05) is 11.6 Å². The lowest BCUT2D eigenvalue weighted by molar-refractivity contribution is -0.146. The topological polar surface area (TPSA) is 72.9 Å². The van der Waals surface area contributed by atoms with E-state index in [1.807, 2.05) is 0 Å². The van der Waals surface area contributed by atoms with Crippen molar-refractivity contribution in [2.75, 3.05) is 20.2 Å². The third-order valence-electron chi connectivity index (χ3n) is 5.26. The smallest absolute Gasteiger partial charge is 0.266 e. The van der Waals surface area contributed by atoms with Crippen LogP contribution in [0.1, 0.15) is 26.7 Å². The summed E-state index contributed by atoms with van der Waals surface area (Å²) in [5, 5.41) is 0.0712. The first-order valence-corrected chi connectivity index (χ1v) is 11.7. The van der Waals surface area contributed by atoms with E-state index in [2.05, 4.69) is 0 Å². The molecule has 0 bridgehead atoms. The molecule has 30 heavy (non-hydrogen) atoms. The molecule has 0 unspecified atom stereocenters. The van der Waals surface area contributed by atoms with Gasteiger partial charge < -0.3 is 14.4 Å². The molecular weight excluding hydrogens is 426 g/mol. The predicted molar refractivity (Wildman–Crippen MR) is 116 cm³/mol. The minimum atomic E-state index is -3.46. The van der Waals surface area contributed by atoms with Crippen LogP contribution < -0.4 is 9.47 Å². The van der Waals surface area contributed by atoms with Gasteiger partial charge >= 0.3 is 0 Å². The Morgan fingerprint density at radius 2 is 1.53 bits per heavy atom. The van der Waals surface area contributed by atoms with Gasteiger partial charge in [0.1, 0.15) is 11.5 Å². The maximum atomic E-state index is 13.0. The molecule has 162 valence electrons. The molecular formula is C22H26ClNO5S. The number of hydrogen-bond acceptors (Lipinski definition) is 5. The highest BCUT2D eigenvalue weighted by molar-refractivity contribution is 7.92. The summed E-state index contributed by atoms with van der Waals surface area (Å²) in [6.07, 6.45) is 0.772. The van der Waals surface area contributed by atoms with E-state index in [1.165, 1.54) is 7.11 Å². The normalized spacial score (nSPS) is 15.7. The molecule has 0 N–H and O–H groups in total. The molecule has 1 saturated heterocycles. The maximum absolute atomic E-state index is 13.0. The van der Waals surface area contributed by atoms with Crippen LogP contribution in [0.4, 0.5) is 0 Å². The molecule has 1 fully saturated rings. The maximum Gasteiger partial charge on any atom is 0.266 e. The van der Waals surface area contributed by atoms with Crippen LogP contribution in [0.25, 0.3) is 0 Å². The lowest BCUT2D eigenvalue weighted by Crippen LogP contribution is -2.52. The van der Waals surface area contributed by atoms with Gasteiger partial charge in [-0.05, 0) is 75.2 Å². The van der Waals surface area contributed by atoms with Crippen molar-refractivity contribution in [1.82, 2.24) is 4.90 Å². The number of carbonyl (C=O) groups is 1. The molecule has 2 aromatic carbocycles. The summed E-state index contributed by atoms with van der Waals surface area (Å²) >= 11 is 5.89. The molecule has 0 saturated carbocycles. The summed E-state index contributed by atoms with van der Waals surface area (Å²) in [4.78, 5) is 15.0. The molecule has 1 amide bonds. The second-order valence-corrected chi connectivity index (χ2v) is 10.4. The van der Waals surface area contributed by atoms with Gasteiger partial charge in [-0.25, -0.2) is 8.42 Å². The number of hydrogen-bond donors (Lipinski definition) is 0. The number of nitrogens with zero attached hydrogens (tertiary/aromatic N) is 1. The van der Waals surface area contributed by atoms with Crippen molar-refractivity contribution in [3.8, 4) is 11.5 Å². The Morgan fingerprint density at radius 3 is 2.07 bits per heavy atom. The average molecular weight is 452 g/mol. The Balaban J connectivity index is 1.63. The number of rotatable bonds is 6. The summed E-state index contributed by atoms with van der Waals surface area (Å²) in [5.74, 6) is 0.991. The van der Waals surface area contributed by atoms with Gasteiger partial charge in [0, 0.05) is 18.1 Å². The van der Waals surface area contributed by atoms with Gasteiger partial charge in [-0.2, -0.15) is 0 Å². The first-order valence-electron chi connectivity index (χ1n) is 9.75. The number of benzene rings is 2. The number of ether oxygens (including phenoxy) is 2. The zero-order valence-electron chi connectivity index (χ0n) is 17.3. The van der Waals surface area contributed by atoms with Crippen molar-refractivity contribution >= 4 is 27.3 Å². The fourth-order valence-corrected chi connectivity index (χ4v) is 5.41.